The first-order valence-electron chi connectivity index (χ1n) is 7.46. The highest BCUT2D eigenvalue weighted by molar-refractivity contribution is 5.48. The van der Waals surface area contributed by atoms with Gasteiger partial charge in [-0.15, -0.1) is 0 Å². The second-order valence-corrected chi connectivity index (χ2v) is 5.79. The number of hydrogen-bond acceptors (Lipinski definition) is 2. The van der Waals surface area contributed by atoms with Gasteiger partial charge in [0.2, 0.25) is 0 Å². The molecule has 3 rings (SSSR count). The van der Waals surface area contributed by atoms with Crippen LogP contribution in [0.3, 0.4) is 0 Å². The topological polar surface area (TPSA) is 15.3 Å². The smallest absolute Gasteiger partial charge is 0.0366 e. The lowest BCUT2D eigenvalue weighted by atomic mass is 9.85. The minimum Gasteiger partial charge on any atom is -0.372 e. The van der Waals surface area contributed by atoms with Crippen molar-refractivity contribution in [1.29, 1.82) is 0 Å². The zero-order valence-electron chi connectivity index (χ0n) is 11.2. The molecule has 0 bridgehead atoms. The zero-order chi connectivity index (χ0) is 12.2. The summed E-state index contributed by atoms with van der Waals surface area (Å²) < 4.78 is 0. The Kier molecular flexibility index (Phi) is 3.84. The average molecular weight is 244 g/mol. The van der Waals surface area contributed by atoms with Crippen molar-refractivity contribution in [2.45, 2.75) is 38.6 Å². The van der Waals surface area contributed by atoms with Crippen molar-refractivity contribution in [2.24, 2.45) is 5.92 Å². The highest BCUT2D eigenvalue weighted by atomic mass is 15.1. The summed E-state index contributed by atoms with van der Waals surface area (Å²) in [5.74, 6) is 0.953. The number of benzene rings is 1. The first-order valence-corrected chi connectivity index (χ1v) is 7.46. The van der Waals surface area contributed by atoms with E-state index in [0.29, 0.717) is 0 Å². The van der Waals surface area contributed by atoms with E-state index in [-0.39, 0.29) is 0 Å². The monoisotopic (exact) mass is 244 g/mol. The van der Waals surface area contributed by atoms with Gasteiger partial charge in [0.25, 0.3) is 0 Å². The Balaban J connectivity index is 1.47. The van der Waals surface area contributed by atoms with Crippen LogP contribution in [0.2, 0.25) is 0 Å². The molecular formula is C16H24N2. The lowest BCUT2D eigenvalue weighted by Gasteiger charge is -2.25. The SMILES string of the molecule is c1cc(N2CCCC2)ccc1CNCC1CCC1. The molecule has 2 heteroatoms. The van der Waals surface area contributed by atoms with Crippen LogP contribution in [0.5, 0.6) is 0 Å². The molecular weight excluding hydrogens is 220 g/mol. The largest absolute Gasteiger partial charge is 0.372 e. The summed E-state index contributed by atoms with van der Waals surface area (Å²) in [6, 6.07) is 9.13. The first kappa shape index (κ1) is 12.0. The molecule has 1 heterocycles. The quantitative estimate of drug-likeness (QED) is 0.856. The highest BCUT2D eigenvalue weighted by Gasteiger charge is 2.16. The van der Waals surface area contributed by atoms with E-state index in [1.54, 1.807) is 0 Å². The number of anilines is 1. The molecule has 0 unspecified atom stereocenters. The number of nitrogens with one attached hydrogen (secondary N) is 1. The Morgan fingerprint density at radius 1 is 1.00 bits per heavy atom. The molecule has 0 radical (unpaired) electrons. The van der Waals surface area contributed by atoms with Crippen LogP contribution < -0.4 is 10.2 Å². The van der Waals surface area contributed by atoms with Gasteiger partial charge < -0.3 is 10.2 Å². The maximum atomic E-state index is 3.58. The molecule has 2 nitrogen and oxygen atoms in total. The number of nitrogens with zero attached hydrogens (tertiary/aromatic N) is 1. The molecule has 1 saturated carbocycles. The van der Waals surface area contributed by atoms with E-state index in [0.717, 1.165) is 12.5 Å². The number of rotatable bonds is 5. The van der Waals surface area contributed by atoms with Gasteiger partial charge in [-0.25, -0.2) is 0 Å². The minimum atomic E-state index is 0.953. The van der Waals surface area contributed by atoms with E-state index < -0.39 is 0 Å². The minimum absolute atomic E-state index is 0.953. The molecule has 0 amide bonds. The van der Waals surface area contributed by atoms with Crippen molar-refractivity contribution in [1.82, 2.24) is 5.32 Å². The second-order valence-electron chi connectivity index (χ2n) is 5.79. The third-order valence-corrected chi connectivity index (χ3v) is 4.39. The molecule has 0 atom stereocenters. The lowest BCUT2D eigenvalue weighted by molar-refractivity contribution is 0.301. The summed E-state index contributed by atoms with van der Waals surface area (Å²) in [6.07, 6.45) is 7.01. The molecule has 1 aromatic rings. The van der Waals surface area contributed by atoms with Crippen LogP contribution in [-0.2, 0) is 6.54 Å². The van der Waals surface area contributed by atoms with Crippen LogP contribution in [0.4, 0.5) is 5.69 Å². The van der Waals surface area contributed by atoms with Gasteiger partial charge in [0.15, 0.2) is 0 Å². The van der Waals surface area contributed by atoms with Crippen LogP contribution in [-0.4, -0.2) is 19.6 Å². The molecule has 1 aliphatic carbocycles. The molecule has 0 spiro atoms. The normalized spacial score (nSPS) is 20.1. The maximum Gasteiger partial charge on any atom is 0.0366 e. The van der Waals surface area contributed by atoms with Crippen LogP contribution >= 0.6 is 0 Å². The Bertz CT molecular complexity index is 361. The summed E-state index contributed by atoms with van der Waals surface area (Å²) >= 11 is 0. The maximum absolute atomic E-state index is 3.58. The Morgan fingerprint density at radius 2 is 1.72 bits per heavy atom. The summed E-state index contributed by atoms with van der Waals surface area (Å²) in [6.45, 7) is 4.70. The Morgan fingerprint density at radius 3 is 2.33 bits per heavy atom. The lowest BCUT2D eigenvalue weighted by Crippen LogP contribution is -2.26. The fraction of sp³-hybridized carbons (Fsp3) is 0.625. The van der Waals surface area contributed by atoms with Crippen LogP contribution in [0.1, 0.15) is 37.7 Å². The Hall–Kier alpha value is -1.02. The van der Waals surface area contributed by atoms with Crippen molar-refractivity contribution in [3.8, 4) is 0 Å². The van der Waals surface area contributed by atoms with E-state index in [1.165, 1.54) is 63.0 Å². The van der Waals surface area contributed by atoms with Gasteiger partial charge in [0.1, 0.15) is 0 Å². The third kappa shape index (κ3) is 2.86. The van der Waals surface area contributed by atoms with Gasteiger partial charge in [0.05, 0.1) is 0 Å². The molecule has 0 aromatic heterocycles. The van der Waals surface area contributed by atoms with Gasteiger partial charge >= 0.3 is 0 Å². The molecule has 18 heavy (non-hydrogen) atoms. The molecule has 1 aliphatic heterocycles. The summed E-state index contributed by atoms with van der Waals surface area (Å²) in [5, 5.41) is 3.58. The predicted molar refractivity (Wildman–Crippen MR) is 76.9 cm³/mol. The van der Waals surface area contributed by atoms with Gasteiger partial charge in [-0.05, 0) is 55.8 Å². The standard InChI is InChI=1S/C16H24N2/c1-2-11-18(10-1)16-8-6-15(7-9-16)13-17-12-14-4-3-5-14/h6-9,14,17H,1-5,10-13H2. The van der Waals surface area contributed by atoms with Gasteiger partial charge in [0, 0.05) is 25.3 Å². The fourth-order valence-electron chi connectivity index (χ4n) is 2.92. The summed E-state index contributed by atoms with van der Waals surface area (Å²) in [5.41, 5.74) is 2.81. The van der Waals surface area contributed by atoms with E-state index in [1.807, 2.05) is 0 Å². The van der Waals surface area contributed by atoms with Crippen molar-refractivity contribution < 1.29 is 0 Å². The summed E-state index contributed by atoms with van der Waals surface area (Å²) in [7, 11) is 0. The molecule has 1 N–H and O–H groups in total. The molecule has 2 fully saturated rings. The third-order valence-electron chi connectivity index (χ3n) is 4.39. The molecule has 2 aliphatic rings. The van der Waals surface area contributed by atoms with Crippen molar-refractivity contribution >= 4 is 5.69 Å². The van der Waals surface area contributed by atoms with E-state index in [4.69, 9.17) is 0 Å². The van der Waals surface area contributed by atoms with E-state index >= 15 is 0 Å². The van der Waals surface area contributed by atoms with E-state index in [9.17, 15) is 0 Å². The highest BCUT2D eigenvalue weighted by Crippen LogP contribution is 2.25. The number of hydrogen-bond donors (Lipinski definition) is 1. The van der Waals surface area contributed by atoms with Crippen molar-refractivity contribution in [3.63, 3.8) is 0 Å². The van der Waals surface area contributed by atoms with Crippen molar-refractivity contribution in [2.75, 3.05) is 24.5 Å². The predicted octanol–water partition coefficient (Wildman–Crippen LogP) is 3.18. The van der Waals surface area contributed by atoms with Gasteiger partial charge in [-0.2, -0.15) is 0 Å². The first-order chi connectivity index (χ1) is 8.92. The van der Waals surface area contributed by atoms with Gasteiger partial charge in [-0.1, -0.05) is 18.6 Å². The van der Waals surface area contributed by atoms with Crippen LogP contribution in [0, 0.1) is 5.92 Å². The van der Waals surface area contributed by atoms with Crippen LogP contribution in [0.15, 0.2) is 24.3 Å². The zero-order valence-corrected chi connectivity index (χ0v) is 11.2. The summed E-state index contributed by atoms with van der Waals surface area (Å²) in [4.78, 5) is 2.49. The average Bonchev–Trinajstić information content (AvgIpc) is 2.87. The fourth-order valence-corrected chi connectivity index (χ4v) is 2.92. The molecule has 98 valence electrons. The molecule has 1 aromatic carbocycles. The van der Waals surface area contributed by atoms with Crippen molar-refractivity contribution in [3.05, 3.63) is 29.8 Å². The van der Waals surface area contributed by atoms with Gasteiger partial charge in [-0.3, -0.25) is 0 Å². The second kappa shape index (κ2) is 5.75. The van der Waals surface area contributed by atoms with E-state index in [2.05, 4.69) is 34.5 Å². The van der Waals surface area contributed by atoms with Crippen LogP contribution in [0.25, 0.3) is 0 Å². The molecule has 1 saturated heterocycles. The Labute approximate surface area is 110 Å².